The summed E-state index contributed by atoms with van der Waals surface area (Å²) in [5.74, 6) is 2.92. The zero-order chi connectivity index (χ0) is 27.2. The second-order valence-electron chi connectivity index (χ2n) is 13.7. The molecule has 9 nitrogen and oxygen atoms in total. The van der Waals surface area contributed by atoms with Crippen molar-refractivity contribution in [3.8, 4) is 0 Å². The molecule has 5 aliphatic rings. The molecule has 9 heteroatoms. The number of ether oxygens (including phenoxy) is 1. The first kappa shape index (κ1) is 27.2. The van der Waals surface area contributed by atoms with Crippen molar-refractivity contribution in [2.24, 2.45) is 29.1 Å². The second kappa shape index (κ2) is 10.3. The summed E-state index contributed by atoms with van der Waals surface area (Å²) in [7, 11) is 0. The molecule has 210 valence electrons. The molecule has 2 atom stereocenters. The summed E-state index contributed by atoms with van der Waals surface area (Å²) in [4.78, 5) is 36.5. The maximum absolute atomic E-state index is 13.4. The van der Waals surface area contributed by atoms with Crippen LogP contribution in [0.1, 0.15) is 84.4 Å². The molecule has 0 saturated heterocycles. The zero-order valence-corrected chi connectivity index (χ0v) is 23.6. The van der Waals surface area contributed by atoms with Crippen molar-refractivity contribution >= 4 is 17.8 Å². The van der Waals surface area contributed by atoms with Gasteiger partial charge in [0.15, 0.2) is 0 Å². The number of hydrogen-bond donors (Lipinski definition) is 3. The normalized spacial score (nSPS) is 29.6. The quantitative estimate of drug-likeness (QED) is 0.492. The second-order valence-corrected chi connectivity index (χ2v) is 13.7. The van der Waals surface area contributed by atoms with Crippen molar-refractivity contribution in [3.63, 3.8) is 0 Å². The van der Waals surface area contributed by atoms with Gasteiger partial charge in [0.1, 0.15) is 23.8 Å². The van der Waals surface area contributed by atoms with E-state index < -0.39 is 17.7 Å². The minimum Gasteiger partial charge on any atom is -0.444 e. The van der Waals surface area contributed by atoms with Gasteiger partial charge in [-0.1, -0.05) is 13.8 Å². The number of amides is 2. The van der Waals surface area contributed by atoms with Crippen LogP contribution in [0, 0.1) is 29.1 Å². The fourth-order valence-corrected chi connectivity index (χ4v) is 7.84. The third kappa shape index (κ3) is 5.63. The monoisotopic (exact) mass is 527 g/mol. The Hall–Kier alpha value is -2.42. The van der Waals surface area contributed by atoms with Crippen molar-refractivity contribution in [2.75, 3.05) is 18.4 Å². The molecule has 2 heterocycles. The molecule has 0 radical (unpaired) electrons. The maximum atomic E-state index is 13.4. The molecule has 2 amide bonds. The summed E-state index contributed by atoms with van der Waals surface area (Å²) in [5, 5.41) is 17.6. The highest BCUT2D eigenvalue weighted by atomic mass is 16.6. The van der Waals surface area contributed by atoms with E-state index in [4.69, 9.17) is 4.74 Å². The molecule has 4 bridgehead atoms. The van der Waals surface area contributed by atoms with Crippen LogP contribution in [0.5, 0.6) is 0 Å². The van der Waals surface area contributed by atoms with Crippen molar-refractivity contribution < 1.29 is 19.4 Å². The molecule has 0 spiro atoms. The summed E-state index contributed by atoms with van der Waals surface area (Å²) in [5.41, 5.74) is 1.24. The molecule has 1 aliphatic heterocycles. The summed E-state index contributed by atoms with van der Waals surface area (Å²) in [6, 6.07) is -0.679. The summed E-state index contributed by atoms with van der Waals surface area (Å²) in [6.07, 6.45) is 8.75. The Kier molecular flexibility index (Phi) is 7.35. The molecule has 4 aliphatic carbocycles. The number of anilines is 1. The van der Waals surface area contributed by atoms with Crippen molar-refractivity contribution in [1.82, 2.24) is 20.2 Å². The Morgan fingerprint density at radius 3 is 2.34 bits per heavy atom. The van der Waals surface area contributed by atoms with Gasteiger partial charge in [-0.05, 0) is 94.8 Å². The van der Waals surface area contributed by atoms with Crippen LogP contribution in [0.25, 0.3) is 0 Å². The van der Waals surface area contributed by atoms with Crippen LogP contribution in [-0.2, 0) is 22.5 Å². The van der Waals surface area contributed by atoms with E-state index in [2.05, 4.69) is 20.6 Å². The number of fused-ring (bicyclic) bond motifs is 1. The molecule has 1 aromatic rings. The topological polar surface area (TPSA) is 117 Å². The number of aromatic nitrogens is 2. The van der Waals surface area contributed by atoms with E-state index in [9.17, 15) is 14.7 Å². The van der Waals surface area contributed by atoms with Crippen molar-refractivity contribution in [1.29, 1.82) is 0 Å². The lowest BCUT2D eigenvalue weighted by atomic mass is 9.48. The Morgan fingerprint density at radius 2 is 1.76 bits per heavy atom. The van der Waals surface area contributed by atoms with Crippen molar-refractivity contribution in [3.05, 3.63) is 17.6 Å². The molecule has 1 unspecified atom stereocenters. The number of nitrogens with zero attached hydrogens (tertiary/aromatic N) is 3. The summed E-state index contributed by atoms with van der Waals surface area (Å²) >= 11 is 0. The average molecular weight is 528 g/mol. The largest absolute Gasteiger partial charge is 0.444 e. The number of rotatable bonds is 7. The highest BCUT2D eigenvalue weighted by Gasteiger charge is 2.53. The van der Waals surface area contributed by atoms with Gasteiger partial charge in [0.25, 0.3) is 0 Å². The molecule has 4 saturated carbocycles. The van der Waals surface area contributed by atoms with Crippen LogP contribution in [0.2, 0.25) is 0 Å². The molecule has 6 rings (SSSR count). The summed E-state index contributed by atoms with van der Waals surface area (Å²) < 4.78 is 5.38. The number of nitrogens with one attached hydrogen (secondary N) is 2. The SMILES string of the molecule is CC(C)C(NC(=O)OC(C)(C)C)C(=O)N1CCc2c(ncnc2NC[C@@H](O)C23CC4CC(CC(C4)C2)C3)C1. The molecule has 4 fully saturated rings. The smallest absolute Gasteiger partial charge is 0.408 e. The van der Waals surface area contributed by atoms with Crippen LogP contribution >= 0.6 is 0 Å². The number of hydrogen-bond acceptors (Lipinski definition) is 7. The maximum Gasteiger partial charge on any atom is 0.408 e. The van der Waals surface area contributed by atoms with Gasteiger partial charge in [0.2, 0.25) is 5.91 Å². The minimum atomic E-state index is -0.679. The van der Waals surface area contributed by atoms with E-state index >= 15 is 0 Å². The lowest BCUT2D eigenvalue weighted by molar-refractivity contribution is -0.135. The molecule has 1 aromatic heterocycles. The first-order chi connectivity index (χ1) is 17.9. The van der Waals surface area contributed by atoms with Crippen molar-refractivity contribution in [2.45, 2.75) is 104 Å². The fourth-order valence-electron chi connectivity index (χ4n) is 7.84. The van der Waals surface area contributed by atoms with Gasteiger partial charge < -0.3 is 25.4 Å². The van der Waals surface area contributed by atoms with Crippen LogP contribution in [-0.4, -0.2) is 62.8 Å². The Morgan fingerprint density at radius 1 is 1.13 bits per heavy atom. The molecule has 38 heavy (non-hydrogen) atoms. The number of aliphatic hydroxyl groups is 1. The van der Waals surface area contributed by atoms with E-state index in [0.29, 0.717) is 26.1 Å². The predicted octanol–water partition coefficient (Wildman–Crippen LogP) is 3.90. The van der Waals surface area contributed by atoms with Gasteiger partial charge in [-0.25, -0.2) is 14.8 Å². The Balaban J connectivity index is 1.22. The first-order valence-corrected chi connectivity index (χ1v) is 14.5. The predicted molar refractivity (Wildman–Crippen MR) is 144 cm³/mol. The minimum absolute atomic E-state index is 0.0606. The van der Waals surface area contributed by atoms with Crippen LogP contribution in [0.4, 0.5) is 10.6 Å². The molecular weight excluding hydrogens is 482 g/mol. The number of carbonyl (C=O) groups is 2. The van der Waals surface area contributed by atoms with Gasteiger partial charge >= 0.3 is 6.09 Å². The summed E-state index contributed by atoms with van der Waals surface area (Å²) in [6.45, 7) is 10.6. The standard InChI is InChI=1S/C29H45N5O4/c1-17(2)24(33-27(37)38-28(3,4)5)26(36)34-7-6-21-22(15-34)31-16-32-25(21)30-14-23(35)29-11-18-8-19(12-29)10-20(9-18)13-29/h16-20,23-24,35H,6-15H2,1-5H3,(H,33,37)(H,30,31,32)/t18?,19?,20?,23-,24?,29?/m1/s1. The van der Waals surface area contributed by atoms with Crippen LogP contribution in [0.3, 0.4) is 0 Å². The third-order valence-corrected chi connectivity index (χ3v) is 9.18. The number of aliphatic hydroxyl groups excluding tert-OH is 1. The van der Waals surface area contributed by atoms with E-state index in [1.54, 1.807) is 25.7 Å². The van der Waals surface area contributed by atoms with E-state index in [1.165, 1.54) is 25.6 Å². The number of carbonyl (C=O) groups excluding carboxylic acids is 2. The molecular formula is C29H45N5O4. The lowest BCUT2D eigenvalue weighted by Crippen LogP contribution is -2.53. The molecule has 0 aromatic carbocycles. The lowest BCUT2D eigenvalue weighted by Gasteiger charge is -2.58. The Bertz CT molecular complexity index is 1020. The van der Waals surface area contributed by atoms with Crippen LogP contribution < -0.4 is 10.6 Å². The average Bonchev–Trinajstić information content (AvgIpc) is 2.83. The van der Waals surface area contributed by atoms with E-state index in [1.807, 2.05) is 13.8 Å². The molecule has 3 N–H and O–H groups in total. The van der Waals surface area contributed by atoms with Crippen LogP contribution in [0.15, 0.2) is 6.33 Å². The fraction of sp³-hybridized carbons (Fsp3) is 0.793. The number of alkyl carbamates (subject to hydrolysis) is 1. The third-order valence-electron chi connectivity index (χ3n) is 9.18. The van der Waals surface area contributed by atoms with E-state index in [0.717, 1.165) is 54.1 Å². The van der Waals surface area contributed by atoms with Gasteiger partial charge in [-0.15, -0.1) is 0 Å². The van der Waals surface area contributed by atoms with Gasteiger partial charge in [0, 0.05) is 18.7 Å². The van der Waals surface area contributed by atoms with Gasteiger partial charge in [-0.3, -0.25) is 4.79 Å². The highest BCUT2D eigenvalue weighted by molar-refractivity contribution is 5.86. The highest BCUT2D eigenvalue weighted by Crippen LogP contribution is 2.61. The van der Waals surface area contributed by atoms with Gasteiger partial charge in [-0.2, -0.15) is 0 Å². The Labute approximate surface area is 226 Å². The van der Waals surface area contributed by atoms with E-state index in [-0.39, 0.29) is 23.3 Å². The zero-order valence-electron chi connectivity index (χ0n) is 23.6. The van der Waals surface area contributed by atoms with Gasteiger partial charge in [0.05, 0.1) is 18.3 Å². The first-order valence-electron chi connectivity index (χ1n) is 14.5.